The summed E-state index contributed by atoms with van der Waals surface area (Å²) >= 11 is 0. The molecule has 1 heterocycles. The van der Waals surface area contributed by atoms with E-state index in [4.69, 9.17) is 4.98 Å². The molecule has 0 N–H and O–H groups in total. The molecule has 4 nitrogen and oxygen atoms in total. The molecule has 4 heteroatoms. The van der Waals surface area contributed by atoms with Crippen LogP contribution >= 0.6 is 0 Å². The molecular weight excluding hydrogens is 406 g/mol. The van der Waals surface area contributed by atoms with Gasteiger partial charge in [-0.05, 0) is 49.5 Å². The summed E-state index contributed by atoms with van der Waals surface area (Å²) in [5.41, 5.74) is 3.11. The van der Waals surface area contributed by atoms with Gasteiger partial charge in [-0.2, -0.15) is 0 Å². The number of hydrogen-bond acceptors (Lipinski definition) is 2. The zero-order valence-electron chi connectivity index (χ0n) is 19.5. The SMILES string of the molecule is O=C(Cn1c(/C=C/c2ccccc2)nc2ccccc21)N(C1CCCCC1)C1CCCCC1. The normalized spacial score (nSPS) is 18.2. The molecule has 2 fully saturated rings. The molecule has 0 saturated heterocycles. The maximum atomic E-state index is 13.9. The maximum Gasteiger partial charge on any atom is 0.243 e. The van der Waals surface area contributed by atoms with Crippen molar-refractivity contribution >= 4 is 29.1 Å². The third-order valence-electron chi connectivity index (χ3n) is 7.43. The van der Waals surface area contributed by atoms with E-state index in [1.165, 1.54) is 38.5 Å². The lowest BCUT2D eigenvalue weighted by atomic mass is 9.88. The van der Waals surface area contributed by atoms with Crippen LogP contribution in [-0.2, 0) is 11.3 Å². The maximum absolute atomic E-state index is 13.9. The topological polar surface area (TPSA) is 38.1 Å². The smallest absolute Gasteiger partial charge is 0.243 e. The Hall–Kier alpha value is -2.88. The summed E-state index contributed by atoms with van der Waals surface area (Å²) in [5, 5.41) is 0. The second-order valence-electron chi connectivity index (χ2n) is 9.67. The molecule has 0 bridgehead atoms. The highest BCUT2D eigenvalue weighted by Gasteiger charge is 2.32. The van der Waals surface area contributed by atoms with Crippen molar-refractivity contribution in [2.24, 2.45) is 0 Å². The van der Waals surface area contributed by atoms with Crippen molar-refractivity contribution in [1.29, 1.82) is 0 Å². The molecular formula is C29H35N3O. The van der Waals surface area contributed by atoms with Gasteiger partial charge in [0.05, 0.1) is 11.0 Å². The van der Waals surface area contributed by atoms with Crippen molar-refractivity contribution < 1.29 is 4.79 Å². The number of benzene rings is 2. The first kappa shape index (κ1) is 21.9. The fourth-order valence-electron chi connectivity index (χ4n) is 5.76. The van der Waals surface area contributed by atoms with E-state index in [1.807, 2.05) is 42.5 Å². The summed E-state index contributed by atoms with van der Waals surface area (Å²) in [7, 11) is 0. The van der Waals surface area contributed by atoms with E-state index in [-0.39, 0.29) is 5.91 Å². The minimum atomic E-state index is 0.270. The minimum absolute atomic E-state index is 0.270. The number of aromatic nitrogens is 2. The van der Waals surface area contributed by atoms with Crippen molar-refractivity contribution in [3.8, 4) is 0 Å². The fraction of sp³-hybridized carbons (Fsp3) is 0.448. The van der Waals surface area contributed by atoms with Gasteiger partial charge in [0.25, 0.3) is 0 Å². The van der Waals surface area contributed by atoms with Gasteiger partial charge in [-0.15, -0.1) is 0 Å². The highest BCUT2D eigenvalue weighted by atomic mass is 16.2. The van der Waals surface area contributed by atoms with Gasteiger partial charge < -0.3 is 9.47 Å². The molecule has 1 amide bonds. The van der Waals surface area contributed by atoms with Crippen LogP contribution in [0.1, 0.15) is 75.6 Å². The third kappa shape index (κ3) is 5.05. The van der Waals surface area contributed by atoms with Gasteiger partial charge in [-0.25, -0.2) is 4.98 Å². The standard InChI is InChI=1S/C29H35N3O/c33-29(32(24-14-6-2-7-15-24)25-16-8-3-9-17-25)22-31-27-19-11-10-18-26(27)30-28(31)21-20-23-12-4-1-5-13-23/h1,4-5,10-13,18-21,24-25H,2-3,6-9,14-17,22H2/b21-20+. The van der Waals surface area contributed by atoms with Crippen LogP contribution in [0.15, 0.2) is 54.6 Å². The molecule has 5 rings (SSSR count). The predicted octanol–water partition coefficient (Wildman–Crippen LogP) is 6.70. The van der Waals surface area contributed by atoms with Gasteiger partial charge in [-0.1, -0.05) is 87.1 Å². The van der Waals surface area contributed by atoms with E-state index >= 15 is 0 Å². The fourth-order valence-corrected chi connectivity index (χ4v) is 5.76. The summed E-state index contributed by atoms with van der Waals surface area (Å²) < 4.78 is 2.12. The third-order valence-corrected chi connectivity index (χ3v) is 7.43. The van der Waals surface area contributed by atoms with Crippen LogP contribution in [0, 0.1) is 0 Å². The van der Waals surface area contributed by atoms with E-state index in [1.54, 1.807) is 0 Å². The van der Waals surface area contributed by atoms with Crippen molar-refractivity contribution in [3.63, 3.8) is 0 Å². The largest absolute Gasteiger partial charge is 0.335 e. The van der Waals surface area contributed by atoms with Gasteiger partial charge in [0.1, 0.15) is 12.4 Å². The lowest BCUT2D eigenvalue weighted by Crippen LogP contribution is -2.50. The monoisotopic (exact) mass is 441 g/mol. The zero-order valence-corrected chi connectivity index (χ0v) is 19.5. The average Bonchev–Trinajstić information content (AvgIpc) is 3.22. The Morgan fingerprint density at radius 2 is 1.42 bits per heavy atom. The Bertz CT molecular complexity index is 1070. The Labute approximate surface area is 197 Å². The number of fused-ring (bicyclic) bond motifs is 1. The summed E-state index contributed by atoms with van der Waals surface area (Å²) in [6.45, 7) is 0.363. The van der Waals surface area contributed by atoms with E-state index in [2.05, 4.69) is 33.7 Å². The van der Waals surface area contributed by atoms with Gasteiger partial charge >= 0.3 is 0 Å². The molecule has 0 atom stereocenters. The van der Waals surface area contributed by atoms with Crippen LogP contribution in [0.25, 0.3) is 23.2 Å². The summed E-state index contributed by atoms with van der Waals surface area (Å²) in [6.07, 6.45) is 16.4. The zero-order chi connectivity index (χ0) is 22.5. The first-order chi connectivity index (χ1) is 16.3. The number of rotatable bonds is 6. The van der Waals surface area contributed by atoms with Gasteiger partial charge in [0.15, 0.2) is 0 Å². The second kappa shape index (κ2) is 10.4. The second-order valence-corrected chi connectivity index (χ2v) is 9.67. The molecule has 0 aliphatic heterocycles. The first-order valence-corrected chi connectivity index (χ1v) is 12.8. The number of hydrogen-bond donors (Lipinski definition) is 0. The van der Waals surface area contributed by atoms with Crippen molar-refractivity contribution in [2.75, 3.05) is 0 Å². The Kier molecular flexibility index (Phi) is 6.89. The van der Waals surface area contributed by atoms with Gasteiger partial charge in [-0.3, -0.25) is 4.79 Å². The molecule has 0 unspecified atom stereocenters. The van der Waals surface area contributed by atoms with Crippen LogP contribution in [-0.4, -0.2) is 32.4 Å². The molecule has 33 heavy (non-hydrogen) atoms. The molecule has 2 aromatic carbocycles. The average molecular weight is 442 g/mol. The molecule has 0 spiro atoms. The van der Waals surface area contributed by atoms with Gasteiger partial charge in [0, 0.05) is 12.1 Å². The van der Waals surface area contributed by atoms with E-state index < -0.39 is 0 Å². The number of carbonyl (C=O) groups excluding carboxylic acids is 1. The molecule has 172 valence electrons. The number of imidazole rings is 1. The first-order valence-electron chi connectivity index (χ1n) is 12.8. The minimum Gasteiger partial charge on any atom is -0.335 e. The lowest BCUT2D eigenvalue weighted by Gasteiger charge is -2.42. The van der Waals surface area contributed by atoms with E-state index in [9.17, 15) is 4.79 Å². The Morgan fingerprint density at radius 3 is 2.09 bits per heavy atom. The Morgan fingerprint density at radius 1 is 0.818 bits per heavy atom. The summed E-state index contributed by atoms with van der Waals surface area (Å²) in [4.78, 5) is 21.1. The number of carbonyl (C=O) groups is 1. The van der Waals surface area contributed by atoms with E-state index in [0.29, 0.717) is 18.6 Å². The van der Waals surface area contributed by atoms with Crippen LogP contribution in [0.5, 0.6) is 0 Å². The lowest BCUT2D eigenvalue weighted by molar-refractivity contribution is -0.138. The predicted molar refractivity (Wildman–Crippen MR) is 136 cm³/mol. The highest BCUT2D eigenvalue weighted by molar-refractivity contribution is 5.84. The molecule has 2 aliphatic carbocycles. The molecule has 1 aromatic heterocycles. The quantitative estimate of drug-likeness (QED) is 0.427. The molecule has 2 saturated carbocycles. The number of amides is 1. The van der Waals surface area contributed by atoms with Crippen LogP contribution < -0.4 is 0 Å². The molecule has 2 aliphatic rings. The summed E-state index contributed by atoms with van der Waals surface area (Å²) in [5.74, 6) is 1.12. The number of nitrogens with zero attached hydrogens (tertiary/aromatic N) is 3. The van der Waals surface area contributed by atoms with Crippen molar-refractivity contribution in [2.45, 2.75) is 82.8 Å². The highest BCUT2D eigenvalue weighted by Crippen LogP contribution is 2.31. The Balaban J connectivity index is 1.45. The summed E-state index contributed by atoms with van der Waals surface area (Å²) in [6, 6.07) is 19.3. The number of para-hydroxylation sites is 2. The van der Waals surface area contributed by atoms with Crippen molar-refractivity contribution in [1.82, 2.24) is 14.5 Å². The van der Waals surface area contributed by atoms with Crippen LogP contribution in [0.3, 0.4) is 0 Å². The van der Waals surface area contributed by atoms with E-state index in [0.717, 1.165) is 48.1 Å². The van der Waals surface area contributed by atoms with Gasteiger partial charge in [0.2, 0.25) is 5.91 Å². The van der Waals surface area contributed by atoms with Crippen LogP contribution in [0.2, 0.25) is 0 Å². The van der Waals surface area contributed by atoms with Crippen LogP contribution in [0.4, 0.5) is 0 Å². The molecule has 3 aromatic rings. The van der Waals surface area contributed by atoms with Crippen molar-refractivity contribution in [3.05, 3.63) is 66.0 Å². The molecule has 0 radical (unpaired) electrons.